The molecule has 1 unspecified atom stereocenters. The molecule has 0 aromatic carbocycles. The third-order valence-electron chi connectivity index (χ3n) is 10.8. The van der Waals surface area contributed by atoms with Crippen LogP contribution in [0.2, 0.25) is 0 Å². The van der Waals surface area contributed by atoms with Crippen LogP contribution in [-0.4, -0.2) is 20.5 Å². The number of fused-ring (bicyclic) bond motifs is 5. The average molecular weight is 424 g/mol. The fourth-order valence-electron chi connectivity index (χ4n) is 9.23. The van der Waals surface area contributed by atoms with E-state index in [2.05, 4.69) is 31.9 Å². The fraction of sp³-hybridized carbons (Fsp3) is 0.852. The Hall–Kier alpha value is -1.34. The van der Waals surface area contributed by atoms with Gasteiger partial charge in [0.2, 0.25) is 0 Å². The molecule has 1 aromatic heterocycles. The lowest BCUT2D eigenvalue weighted by molar-refractivity contribution is -0.109. The molecule has 31 heavy (non-hydrogen) atoms. The Bertz CT molecular complexity index is 842. The molecule has 0 aliphatic heterocycles. The van der Waals surface area contributed by atoms with Crippen LogP contribution in [0.3, 0.4) is 0 Å². The minimum Gasteiger partial charge on any atom is -0.390 e. The molecule has 170 valence electrons. The summed E-state index contributed by atoms with van der Waals surface area (Å²) >= 11 is 0. The summed E-state index contributed by atoms with van der Waals surface area (Å²) in [5.41, 5.74) is 0.768. The first-order valence-corrected chi connectivity index (χ1v) is 13.0. The lowest BCUT2D eigenvalue weighted by atomic mass is 9.48. The van der Waals surface area contributed by atoms with Crippen LogP contribution in [0.5, 0.6) is 0 Å². The number of hydrogen-bond acceptors (Lipinski definition) is 3. The maximum Gasteiger partial charge on any atom is 0.138 e. The zero-order valence-corrected chi connectivity index (χ0v) is 19.8. The molecule has 4 fully saturated rings. The lowest BCUT2D eigenvalue weighted by Crippen LogP contribution is -2.51. The van der Waals surface area contributed by atoms with E-state index >= 15 is 0 Å². The summed E-state index contributed by atoms with van der Waals surface area (Å²) in [5, 5.41) is 24.7. The van der Waals surface area contributed by atoms with Crippen LogP contribution in [0.25, 0.3) is 0 Å². The number of rotatable bonds is 4. The van der Waals surface area contributed by atoms with Gasteiger partial charge >= 0.3 is 0 Å². The summed E-state index contributed by atoms with van der Waals surface area (Å²) in [6, 6.07) is 4.13. The van der Waals surface area contributed by atoms with E-state index in [0.29, 0.717) is 17.0 Å². The molecular formula is C27H41N3O. The summed E-state index contributed by atoms with van der Waals surface area (Å²) in [5.74, 6) is 5.62. The van der Waals surface area contributed by atoms with Gasteiger partial charge in [-0.1, -0.05) is 20.8 Å². The molecule has 0 spiro atoms. The van der Waals surface area contributed by atoms with Crippen molar-refractivity contribution in [1.82, 2.24) is 9.78 Å². The van der Waals surface area contributed by atoms with Crippen LogP contribution in [0.15, 0.2) is 12.3 Å². The van der Waals surface area contributed by atoms with Gasteiger partial charge in [-0.2, -0.15) is 10.4 Å². The predicted octanol–water partition coefficient (Wildman–Crippen LogP) is 5.80. The molecule has 0 amide bonds. The van der Waals surface area contributed by atoms with Gasteiger partial charge in [0.05, 0.1) is 11.8 Å². The van der Waals surface area contributed by atoms with Crippen molar-refractivity contribution >= 4 is 0 Å². The maximum atomic E-state index is 10.9. The SMILES string of the molecule is CC[C@@]1(O)CC[C@H]2[C@H](CC[C@@H]3[C@@H]2CC[C@]2(C)C([C@H](C)Cn4nccc4C#N)CC[C@@H]32)C1. The van der Waals surface area contributed by atoms with E-state index in [1.165, 1.54) is 44.9 Å². The zero-order chi connectivity index (χ0) is 21.8. The Morgan fingerprint density at radius 1 is 1.16 bits per heavy atom. The van der Waals surface area contributed by atoms with Crippen LogP contribution < -0.4 is 0 Å². The smallest absolute Gasteiger partial charge is 0.138 e. The summed E-state index contributed by atoms with van der Waals surface area (Å²) in [7, 11) is 0. The normalized spacial score (nSPS) is 45.3. The highest BCUT2D eigenvalue weighted by Gasteiger charge is 2.58. The highest BCUT2D eigenvalue weighted by atomic mass is 16.3. The molecule has 5 rings (SSSR count). The molecule has 0 saturated heterocycles. The molecular weight excluding hydrogens is 382 g/mol. The second-order valence-corrected chi connectivity index (χ2v) is 12.0. The van der Waals surface area contributed by atoms with Crippen molar-refractivity contribution in [3.63, 3.8) is 0 Å². The zero-order valence-electron chi connectivity index (χ0n) is 19.8. The van der Waals surface area contributed by atoms with Crippen molar-refractivity contribution < 1.29 is 5.11 Å². The molecule has 0 bridgehead atoms. The Kier molecular flexibility index (Phi) is 5.48. The first kappa shape index (κ1) is 21.5. The molecule has 1 heterocycles. The molecule has 1 N–H and O–H groups in total. The molecule has 4 nitrogen and oxygen atoms in total. The van der Waals surface area contributed by atoms with Crippen LogP contribution in [0, 0.1) is 58.2 Å². The Balaban J connectivity index is 1.30. The van der Waals surface area contributed by atoms with E-state index in [1.807, 2.05) is 10.7 Å². The van der Waals surface area contributed by atoms with Crippen molar-refractivity contribution in [3.8, 4) is 6.07 Å². The summed E-state index contributed by atoms with van der Waals surface area (Å²) in [6.45, 7) is 8.05. The Labute approximate surface area is 188 Å². The predicted molar refractivity (Wildman–Crippen MR) is 122 cm³/mol. The number of aliphatic hydroxyl groups is 1. The lowest BCUT2D eigenvalue weighted by Gasteiger charge is -2.57. The van der Waals surface area contributed by atoms with Crippen LogP contribution in [0.1, 0.15) is 90.7 Å². The second-order valence-electron chi connectivity index (χ2n) is 12.0. The van der Waals surface area contributed by atoms with Gasteiger partial charge in [0, 0.05) is 6.54 Å². The summed E-state index contributed by atoms with van der Waals surface area (Å²) < 4.78 is 1.93. The maximum absolute atomic E-state index is 10.9. The second kappa shape index (κ2) is 7.91. The van der Waals surface area contributed by atoms with Gasteiger partial charge < -0.3 is 5.11 Å². The van der Waals surface area contributed by atoms with Crippen molar-refractivity contribution in [1.29, 1.82) is 5.26 Å². The number of nitriles is 1. The minimum absolute atomic E-state index is 0.375. The van der Waals surface area contributed by atoms with Crippen molar-refractivity contribution in [2.24, 2.45) is 46.8 Å². The molecule has 4 aliphatic carbocycles. The highest BCUT2D eigenvalue weighted by Crippen LogP contribution is 2.65. The third kappa shape index (κ3) is 3.47. The van der Waals surface area contributed by atoms with Gasteiger partial charge in [-0.15, -0.1) is 0 Å². The molecule has 1 aromatic rings. The van der Waals surface area contributed by atoms with Gasteiger partial charge in [0.15, 0.2) is 0 Å². The molecule has 4 aliphatic rings. The summed E-state index contributed by atoms with van der Waals surface area (Å²) in [6.07, 6.45) is 14.3. The van der Waals surface area contributed by atoms with Gasteiger partial charge in [0.25, 0.3) is 0 Å². The number of aromatic nitrogens is 2. The van der Waals surface area contributed by atoms with Crippen molar-refractivity contribution in [2.75, 3.05) is 0 Å². The molecule has 4 heteroatoms. The van der Waals surface area contributed by atoms with E-state index in [0.717, 1.165) is 61.3 Å². The Morgan fingerprint density at radius 3 is 2.74 bits per heavy atom. The van der Waals surface area contributed by atoms with Gasteiger partial charge in [-0.25, -0.2) is 0 Å². The largest absolute Gasteiger partial charge is 0.390 e. The van der Waals surface area contributed by atoms with Crippen molar-refractivity contribution in [3.05, 3.63) is 18.0 Å². The number of hydrogen-bond donors (Lipinski definition) is 1. The van der Waals surface area contributed by atoms with E-state index < -0.39 is 0 Å². The topological polar surface area (TPSA) is 61.8 Å². The third-order valence-corrected chi connectivity index (χ3v) is 10.8. The van der Waals surface area contributed by atoms with E-state index in [4.69, 9.17) is 0 Å². The average Bonchev–Trinajstić information content (AvgIpc) is 3.36. The van der Waals surface area contributed by atoms with Gasteiger partial charge in [-0.3, -0.25) is 4.68 Å². The first-order chi connectivity index (χ1) is 14.9. The quantitative estimate of drug-likeness (QED) is 0.665. The highest BCUT2D eigenvalue weighted by molar-refractivity contribution is 5.18. The monoisotopic (exact) mass is 423 g/mol. The Morgan fingerprint density at radius 2 is 1.97 bits per heavy atom. The van der Waals surface area contributed by atoms with Crippen LogP contribution in [0.4, 0.5) is 0 Å². The molecule has 0 radical (unpaired) electrons. The van der Waals surface area contributed by atoms with Crippen LogP contribution in [-0.2, 0) is 6.54 Å². The van der Waals surface area contributed by atoms with E-state index in [-0.39, 0.29) is 5.60 Å². The molecule has 4 saturated carbocycles. The summed E-state index contributed by atoms with van der Waals surface area (Å²) in [4.78, 5) is 0. The van der Waals surface area contributed by atoms with Crippen LogP contribution >= 0.6 is 0 Å². The first-order valence-electron chi connectivity index (χ1n) is 13.0. The van der Waals surface area contributed by atoms with Gasteiger partial charge in [0.1, 0.15) is 11.8 Å². The van der Waals surface area contributed by atoms with E-state index in [9.17, 15) is 10.4 Å². The standard InChI is InChI=1S/C27H41N3O/c1-4-27(31)13-10-21-19(15-27)5-6-23-22(21)9-12-26(3)24(7-8-25(23)26)18(2)17-30-20(16-28)11-14-29-30/h11,14,18-19,21-25,31H,4-10,12-13,15,17H2,1-3H3/t18-,19-,21+,22-,23-,24?,25+,26-,27-/m1/s1. The van der Waals surface area contributed by atoms with Gasteiger partial charge in [-0.05, 0) is 117 Å². The van der Waals surface area contributed by atoms with Crippen molar-refractivity contribution in [2.45, 2.75) is 97.1 Å². The fourth-order valence-corrected chi connectivity index (χ4v) is 9.23. The van der Waals surface area contributed by atoms with E-state index in [1.54, 1.807) is 6.20 Å². The molecule has 9 atom stereocenters. The minimum atomic E-state index is -0.375. The number of nitrogens with zero attached hydrogens (tertiary/aromatic N) is 3.